The van der Waals surface area contributed by atoms with Crippen molar-refractivity contribution in [3.63, 3.8) is 0 Å². The molecule has 0 saturated carbocycles. The van der Waals surface area contributed by atoms with Gasteiger partial charge in [-0.15, -0.1) is 11.8 Å². The minimum Gasteiger partial charge on any atom is -0.399 e. The Bertz CT molecular complexity index is 609. The van der Waals surface area contributed by atoms with Crippen LogP contribution in [-0.4, -0.2) is 21.4 Å². The first kappa shape index (κ1) is 14.5. The number of nitrogens with zero attached hydrogens (tertiary/aromatic N) is 2. The SMILES string of the molecule is Cc1ccc(N)cc1NC(=O)CCSc1cnn(C)c1. The Morgan fingerprint density at radius 1 is 1.50 bits per heavy atom. The van der Waals surface area contributed by atoms with Gasteiger partial charge in [0.15, 0.2) is 0 Å². The van der Waals surface area contributed by atoms with Crippen molar-refractivity contribution in [3.8, 4) is 0 Å². The molecule has 0 saturated heterocycles. The molecule has 0 fully saturated rings. The van der Waals surface area contributed by atoms with E-state index in [0.29, 0.717) is 12.1 Å². The van der Waals surface area contributed by atoms with E-state index in [2.05, 4.69) is 10.4 Å². The molecule has 2 rings (SSSR count). The smallest absolute Gasteiger partial charge is 0.225 e. The fraction of sp³-hybridized carbons (Fsp3) is 0.286. The molecule has 0 unspecified atom stereocenters. The Hall–Kier alpha value is -1.95. The van der Waals surface area contributed by atoms with Crippen LogP contribution < -0.4 is 11.1 Å². The van der Waals surface area contributed by atoms with E-state index in [9.17, 15) is 4.79 Å². The molecule has 0 aliphatic carbocycles. The van der Waals surface area contributed by atoms with Crippen molar-refractivity contribution >= 4 is 29.0 Å². The van der Waals surface area contributed by atoms with Gasteiger partial charge in [-0.05, 0) is 24.6 Å². The predicted molar refractivity (Wildman–Crippen MR) is 82.8 cm³/mol. The molecule has 1 amide bonds. The molecule has 0 spiro atoms. The summed E-state index contributed by atoms with van der Waals surface area (Å²) >= 11 is 1.62. The van der Waals surface area contributed by atoms with E-state index < -0.39 is 0 Å². The van der Waals surface area contributed by atoms with E-state index in [1.165, 1.54) is 0 Å². The Morgan fingerprint density at radius 3 is 3.00 bits per heavy atom. The monoisotopic (exact) mass is 290 g/mol. The van der Waals surface area contributed by atoms with Crippen molar-refractivity contribution in [1.82, 2.24) is 9.78 Å². The van der Waals surface area contributed by atoms with E-state index in [-0.39, 0.29) is 5.91 Å². The van der Waals surface area contributed by atoms with Crippen LogP contribution in [0.1, 0.15) is 12.0 Å². The number of hydrogen-bond acceptors (Lipinski definition) is 4. The number of nitrogens with one attached hydrogen (secondary N) is 1. The highest BCUT2D eigenvalue weighted by molar-refractivity contribution is 7.99. The average molecular weight is 290 g/mol. The molecule has 0 bridgehead atoms. The second-order valence-electron chi connectivity index (χ2n) is 4.57. The normalized spacial score (nSPS) is 10.5. The predicted octanol–water partition coefficient (Wildman–Crippen LogP) is 2.43. The number of rotatable bonds is 5. The third-order valence-electron chi connectivity index (χ3n) is 2.81. The van der Waals surface area contributed by atoms with Gasteiger partial charge in [0.1, 0.15) is 0 Å². The second-order valence-corrected chi connectivity index (χ2v) is 5.74. The van der Waals surface area contributed by atoms with Crippen LogP contribution in [-0.2, 0) is 11.8 Å². The van der Waals surface area contributed by atoms with Gasteiger partial charge in [0.05, 0.1) is 6.20 Å². The summed E-state index contributed by atoms with van der Waals surface area (Å²) in [4.78, 5) is 13.0. The first-order valence-corrected chi connectivity index (χ1v) is 7.30. The highest BCUT2D eigenvalue weighted by Crippen LogP contribution is 2.20. The standard InChI is InChI=1S/C14H18N4OS/c1-10-3-4-11(15)7-13(10)17-14(19)5-6-20-12-8-16-18(2)9-12/h3-4,7-9H,5-6,15H2,1-2H3,(H,17,19). The van der Waals surface area contributed by atoms with Crippen LogP contribution in [0.4, 0.5) is 11.4 Å². The molecule has 0 radical (unpaired) electrons. The van der Waals surface area contributed by atoms with E-state index in [0.717, 1.165) is 21.9 Å². The highest BCUT2D eigenvalue weighted by Gasteiger charge is 2.06. The van der Waals surface area contributed by atoms with Crippen LogP contribution in [0.25, 0.3) is 0 Å². The lowest BCUT2D eigenvalue weighted by molar-refractivity contribution is -0.115. The van der Waals surface area contributed by atoms with E-state index in [1.807, 2.05) is 32.3 Å². The number of thioether (sulfide) groups is 1. The highest BCUT2D eigenvalue weighted by atomic mass is 32.2. The van der Waals surface area contributed by atoms with Crippen LogP contribution in [0.5, 0.6) is 0 Å². The maximum atomic E-state index is 11.9. The van der Waals surface area contributed by atoms with Crippen molar-refractivity contribution in [1.29, 1.82) is 0 Å². The number of anilines is 2. The number of amides is 1. The van der Waals surface area contributed by atoms with Crippen LogP contribution >= 0.6 is 11.8 Å². The lowest BCUT2D eigenvalue weighted by atomic mass is 10.2. The fourth-order valence-corrected chi connectivity index (χ4v) is 2.59. The molecule has 6 heteroatoms. The summed E-state index contributed by atoms with van der Waals surface area (Å²) in [7, 11) is 1.87. The molecule has 1 aromatic heterocycles. The number of carbonyl (C=O) groups is 1. The number of hydrogen-bond donors (Lipinski definition) is 2. The lowest BCUT2D eigenvalue weighted by Crippen LogP contribution is -2.13. The molecule has 20 heavy (non-hydrogen) atoms. The van der Waals surface area contributed by atoms with Gasteiger partial charge in [-0.3, -0.25) is 9.48 Å². The summed E-state index contributed by atoms with van der Waals surface area (Å²) in [5.41, 5.74) is 8.15. The summed E-state index contributed by atoms with van der Waals surface area (Å²) in [5, 5.41) is 6.97. The number of nitrogen functional groups attached to an aromatic ring is 1. The molecule has 0 aliphatic rings. The average Bonchev–Trinajstić information content (AvgIpc) is 2.80. The molecule has 5 nitrogen and oxygen atoms in total. The molecular weight excluding hydrogens is 272 g/mol. The fourth-order valence-electron chi connectivity index (χ4n) is 1.72. The Labute approximate surface area is 122 Å². The van der Waals surface area contributed by atoms with Gasteiger partial charge >= 0.3 is 0 Å². The zero-order valence-electron chi connectivity index (χ0n) is 11.6. The molecule has 2 aromatic rings. The summed E-state index contributed by atoms with van der Waals surface area (Å²) < 4.78 is 1.75. The van der Waals surface area contributed by atoms with Crippen molar-refractivity contribution in [2.75, 3.05) is 16.8 Å². The van der Waals surface area contributed by atoms with E-state index in [4.69, 9.17) is 5.73 Å². The maximum Gasteiger partial charge on any atom is 0.225 e. The summed E-state index contributed by atoms with van der Waals surface area (Å²) in [6.45, 7) is 1.94. The first-order valence-electron chi connectivity index (χ1n) is 6.32. The zero-order valence-corrected chi connectivity index (χ0v) is 12.4. The lowest BCUT2D eigenvalue weighted by Gasteiger charge is -2.08. The van der Waals surface area contributed by atoms with Crippen LogP contribution in [0.15, 0.2) is 35.5 Å². The molecule has 0 aliphatic heterocycles. The Kier molecular flexibility index (Phi) is 4.68. The minimum atomic E-state index is -0.00455. The number of nitrogens with two attached hydrogens (primary N) is 1. The van der Waals surface area contributed by atoms with Gasteiger partial charge in [0.2, 0.25) is 5.91 Å². The summed E-state index contributed by atoms with van der Waals surface area (Å²) in [5.74, 6) is 0.717. The van der Waals surface area contributed by atoms with Gasteiger partial charge in [-0.1, -0.05) is 6.07 Å². The van der Waals surface area contributed by atoms with Crippen molar-refractivity contribution in [3.05, 3.63) is 36.2 Å². The number of aryl methyl sites for hydroxylation is 2. The van der Waals surface area contributed by atoms with Gasteiger partial charge in [-0.25, -0.2) is 0 Å². The quantitative estimate of drug-likeness (QED) is 0.655. The molecule has 106 valence electrons. The number of benzene rings is 1. The van der Waals surface area contributed by atoms with E-state index >= 15 is 0 Å². The summed E-state index contributed by atoms with van der Waals surface area (Å²) in [6, 6.07) is 5.50. The first-order chi connectivity index (χ1) is 9.54. The molecule has 0 atom stereocenters. The van der Waals surface area contributed by atoms with Crippen molar-refractivity contribution < 1.29 is 4.79 Å². The largest absolute Gasteiger partial charge is 0.399 e. The van der Waals surface area contributed by atoms with Crippen LogP contribution in [0.2, 0.25) is 0 Å². The van der Waals surface area contributed by atoms with Crippen molar-refractivity contribution in [2.45, 2.75) is 18.2 Å². The van der Waals surface area contributed by atoms with Gasteiger partial charge in [0.25, 0.3) is 0 Å². The van der Waals surface area contributed by atoms with Crippen molar-refractivity contribution in [2.24, 2.45) is 7.05 Å². The molecule has 3 N–H and O–H groups in total. The van der Waals surface area contributed by atoms with E-state index in [1.54, 1.807) is 28.7 Å². The maximum absolute atomic E-state index is 11.9. The summed E-state index contributed by atoms with van der Waals surface area (Å²) in [6.07, 6.45) is 4.18. The number of carbonyl (C=O) groups excluding carboxylic acids is 1. The van der Waals surface area contributed by atoms with Gasteiger partial charge in [0, 0.05) is 41.7 Å². The topological polar surface area (TPSA) is 72.9 Å². The Morgan fingerprint density at radius 2 is 2.30 bits per heavy atom. The second kappa shape index (κ2) is 6.47. The Balaban J connectivity index is 1.82. The minimum absolute atomic E-state index is 0.00455. The van der Waals surface area contributed by atoms with Gasteiger partial charge in [-0.2, -0.15) is 5.10 Å². The zero-order chi connectivity index (χ0) is 14.5. The van der Waals surface area contributed by atoms with Crippen LogP contribution in [0, 0.1) is 6.92 Å². The molecule has 1 aromatic carbocycles. The number of aromatic nitrogens is 2. The molecular formula is C14H18N4OS. The van der Waals surface area contributed by atoms with Crippen LogP contribution in [0.3, 0.4) is 0 Å². The third kappa shape index (κ3) is 4.03. The third-order valence-corrected chi connectivity index (χ3v) is 3.77. The van der Waals surface area contributed by atoms with Gasteiger partial charge < -0.3 is 11.1 Å². The molecule has 1 heterocycles.